The zero-order chi connectivity index (χ0) is 28.6. The topological polar surface area (TPSA) is 132 Å². The number of carbonyl (C=O) groups excluding carboxylic acids is 2. The van der Waals surface area contributed by atoms with Crippen LogP contribution in [0.1, 0.15) is 22.0 Å². The smallest absolute Gasteiger partial charge is 0.356 e. The third kappa shape index (κ3) is 5.39. The maximum absolute atomic E-state index is 13.4. The van der Waals surface area contributed by atoms with E-state index in [1.807, 2.05) is 0 Å². The Morgan fingerprint density at radius 3 is 2.12 bits per heavy atom. The van der Waals surface area contributed by atoms with Gasteiger partial charge in [0.25, 0.3) is 0 Å². The average Bonchev–Trinajstić information content (AvgIpc) is 2.92. The Kier molecular flexibility index (Phi) is 7.53. The van der Waals surface area contributed by atoms with Crippen LogP contribution < -0.4 is 10.2 Å². The van der Waals surface area contributed by atoms with Crippen LogP contribution in [0, 0.1) is 5.82 Å². The number of rotatable bonds is 8. The molecule has 1 amide bonds. The Labute approximate surface area is 231 Å². The molecule has 0 bridgehead atoms. The number of hydrogen-bond acceptors (Lipinski definition) is 5. The fourth-order valence-electron chi connectivity index (χ4n) is 4.66. The number of phenolic OH excluding ortho intramolecular Hbond substituents is 1. The molecule has 0 spiro atoms. The standard InChI is InChI=1S/C29H23FNO7PS/c30-21-11-6-19(7-12-21)26(33)17-40(38)28-27(31(29(28)34)22-4-2-1-3-5-22)24-15-10-20(16-25(24)32)18-8-13-23(14-9-18)39(35,36)37/h1-16,27-28,32H,17H2,(H2,35,36,37)/t27-,28-,40?/m1/s1. The lowest BCUT2D eigenvalue weighted by molar-refractivity contribution is -0.123. The van der Waals surface area contributed by atoms with Gasteiger partial charge in [-0.3, -0.25) is 18.4 Å². The minimum Gasteiger partial charge on any atom is -0.508 e. The van der Waals surface area contributed by atoms with Crippen molar-refractivity contribution in [2.75, 3.05) is 10.7 Å². The second-order valence-corrected chi connectivity index (χ2v) is 12.4. The van der Waals surface area contributed by atoms with Crippen molar-refractivity contribution >= 4 is 41.1 Å². The van der Waals surface area contributed by atoms with Crippen molar-refractivity contribution < 1.29 is 37.6 Å². The molecule has 11 heteroatoms. The van der Waals surface area contributed by atoms with Crippen LogP contribution in [0.4, 0.5) is 10.1 Å². The summed E-state index contributed by atoms with van der Waals surface area (Å²) in [6.45, 7) is 0. The number of phenols is 1. The minimum atomic E-state index is -4.40. The maximum atomic E-state index is 13.4. The van der Waals surface area contributed by atoms with Gasteiger partial charge in [0.05, 0.1) is 17.1 Å². The minimum absolute atomic E-state index is 0.135. The van der Waals surface area contributed by atoms with Crippen LogP contribution in [0.2, 0.25) is 0 Å². The van der Waals surface area contributed by atoms with Crippen LogP contribution in [-0.4, -0.2) is 41.8 Å². The Morgan fingerprint density at radius 2 is 1.52 bits per heavy atom. The van der Waals surface area contributed by atoms with Crippen LogP contribution in [0.3, 0.4) is 0 Å². The molecule has 1 heterocycles. The number of para-hydroxylation sites is 1. The van der Waals surface area contributed by atoms with Gasteiger partial charge in [0.15, 0.2) is 5.78 Å². The molecule has 3 atom stereocenters. The van der Waals surface area contributed by atoms with Gasteiger partial charge < -0.3 is 19.8 Å². The third-order valence-corrected chi connectivity index (χ3v) is 9.23. The molecule has 4 aromatic rings. The van der Waals surface area contributed by atoms with E-state index < -0.39 is 52.9 Å². The zero-order valence-electron chi connectivity index (χ0n) is 20.8. The summed E-state index contributed by atoms with van der Waals surface area (Å²) >= 11 is 0. The molecule has 0 aliphatic carbocycles. The van der Waals surface area contributed by atoms with Crippen LogP contribution in [0.5, 0.6) is 5.75 Å². The number of nitrogens with zero attached hydrogens (tertiary/aromatic N) is 1. The molecule has 1 unspecified atom stereocenters. The Morgan fingerprint density at radius 1 is 0.900 bits per heavy atom. The average molecular weight is 580 g/mol. The number of halogens is 1. The van der Waals surface area contributed by atoms with E-state index in [-0.39, 0.29) is 16.6 Å². The van der Waals surface area contributed by atoms with E-state index >= 15 is 0 Å². The van der Waals surface area contributed by atoms with E-state index in [1.165, 1.54) is 47.4 Å². The van der Waals surface area contributed by atoms with Crippen molar-refractivity contribution in [2.24, 2.45) is 0 Å². The van der Waals surface area contributed by atoms with Gasteiger partial charge in [-0.05, 0) is 65.7 Å². The number of β-lactam (4-membered cyclic amide) rings is 1. The number of aromatic hydroxyl groups is 1. The normalized spacial score (nSPS) is 17.8. The highest BCUT2D eigenvalue weighted by atomic mass is 32.2. The van der Waals surface area contributed by atoms with Gasteiger partial charge in [0.2, 0.25) is 5.91 Å². The first-order valence-electron chi connectivity index (χ1n) is 12.1. The first-order valence-corrected chi connectivity index (χ1v) is 15.1. The number of benzene rings is 4. The summed E-state index contributed by atoms with van der Waals surface area (Å²) in [5.41, 5.74) is 2.18. The lowest BCUT2D eigenvalue weighted by Crippen LogP contribution is -2.61. The molecule has 0 aromatic heterocycles. The van der Waals surface area contributed by atoms with Crippen molar-refractivity contribution in [1.29, 1.82) is 0 Å². The molecule has 0 radical (unpaired) electrons. The van der Waals surface area contributed by atoms with Gasteiger partial charge in [0, 0.05) is 27.6 Å². The summed E-state index contributed by atoms with van der Waals surface area (Å²) < 4.78 is 38.1. The molecule has 5 rings (SSSR count). The van der Waals surface area contributed by atoms with Crippen LogP contribution in [-0.2, 0) is 20.2 Å². The molecule has 1 aliphatic heterocycles. The Bertz CT molecular complexity index is 1660. The maximum Gasteiger partial charge on any atom is 0.356 e. The molecule has 0 saturated carbocycles. The number of hydrogen-bond donors (Lipinski definition) is 3. The SMILES string of the molecule is O=C(CS(=O)[C@H]1C(=O)N(c2ccccc2)[C@@H]1c1ccc(-c2ccc(P(=O)(O)O)cc2)cc1O)c1ccc(F)cc1. The first kappa shape index (κ1) is 27.6. The van der Waals surface area contributed by atoms with E-state index in [0.717, 1.165) is 12.1 Å². The predicted molar refractivity (Wildman–Crippen MR) is 149 cm³/mol. The molecule has 3 N–H and O–H groups in total. The largest absolute Gasteiger partial charge is 0.508 e. The van der Waals surface area contributed by atoms with E-state index in [9.17, 15) is 37.6 Å². The van der Waals surface area contributed by atoms with Crippen molar-refractivity contribution in [3.05, 3.63) is 114 Å². The molecular formula is C29H23FNO7PS. The first-order chi connectivity index (χ1) is 19.0. The van der Waals surface area contributed by atoms with E-state index in [4.69, 9.17) is 0 Å². The predicted octanol–water partition coefficient (Wildman–Crippen LogP) is 4.09. The van der Waals surface area contributed by atoms with Crippen LogP contribution in [0.15, 0.2) is 97.1 Å². The summed E-state index contributed by atoms with van der Waals surface area (Å²) in [4.78, 5) is 46.1. The third-order valence-electron chi connectivity index (χ3n) is 6.69. The van der Waals surface area contributed by atoms with Gasteiger partial charge in [0.1, 0.15) is 16.8 Å². The summed E-state index contributed by atoms with van der Waals surface area (Å²) in [7, 11) is -6.35. The van der Waals surface area contributed by atoms with Crippen LogP contribution in [0.25, 0.3) is 11.1 Å². The molecule has 1 saturated heterocycles. The number of Topliss-reactive ketones (excluding diaryl/α,β-unsaturated/α-hetero) is 1. The van der Waals surface area contributed by atoms with Crippen molar-refractivity contribution in [2.45, 2.75) is 11.3 Å². The van der Waals surface area contributed by atoms with Gasteiger partial charge in [-0.1, -0.05) is 42.5 Å². The molecule has 1 fully saturated rings. The Balaban J connectivity index is 1.46. The number of anilines is 1. The highest BCUT2D eigenvalue weighted by Gasteiger charge is 2.53. The summed E-state index contributed by atoms with van der Waals surface area (Å²) in [6, 6.07) is 23.1. The van der Waals surface area contributed by atoms with Crippen molar-refractivity contribution in [3.63, 3.8) is 0 Å². The van der Waals surface area contributed by atoms with E-state index in [2.05, 4.69) is 0 Å². The fraction of sp³-hybridized carbons (Fsp3) is 0.103. The highest BCUT2D eigenvalue weighted by molar-refractivity contribution is 7.87. The zero-order valence-corrected chi connectivity index (χ0v) is 22.5. The van der Waals surface area contributed by atoms with E-state index in [1.54, 1.807) is 42.5 Å². The Hall–Kier alpha value is -3.95. The molecule has 204 valence electrons. The van der Waals surface area contributed by atoms with E-state index in [0.29, 0.717) is 22.4 Å². The van der Waals surface area contributed by atoms with Gasteiger partial charge in [-0.15, -0.1) is 0 Å². The fourth-order valence-corrected chi connectivity index (χ4v) is 6.69. The summed E-state index contributed by atoms with van der Waals surface area (Å²) in [6.07, 6.45) is 0. The summed E-state index contributed by atoms with van der Waals surface area (Å²) in [5.74, 6) is -2.10. The number of ketones is 1. The van der Waals surface area contributed by atoms with Crippen LogP contribution >= 0.6 is 7.60 Å². The lowest BCUT2D eigenvalue weighted by Gasteiger charge is -2.46. The van der Waals surface area contributed by atoms with Gasteiger partial charge in [-0.25, -0.2) is 4.39 Å². The van der Waals surface area contributed by atoms with Gasteiger partial charge in [-0.2, -0.15) is 0 Å². The molecular weight excluding hydrogens is 556 g/mol. The van der Waals surface area contributed by atoms with Crippen molar-refractivity contribution in [3.8, 4) is 16.9 Å². The molecule has 40 heavy (non-hydrogen) atoms. The van der Waals surface area contributed by atoms with Gasteiger partial charge >= 0.3 is 7.60 Å². The number of carbonyl (C=O) groups is 2. The quantitative estimate of drug-likeness (QED) is 0.163. The number of amides is 1. The summed E-state index contributed by atoms with van der Waals surface area (Å²) in [5, 5.41) is 9.80. The monoisotopic (exact) mass is 579 g/mol. The highest BCUT2D eigenvalue weighted by Crippen LogP contribution is 2.45. The molecule has 8 nitrogen and oxygen atoms in total. The van der Waals surface area contributed by atoms with Crippen molar-refractivity contribution in [1.82, 2.24) is 0 Å². The molecule has 4 aromatic carbocycles. The second-order valence-electron chi connectivity index (χ2n) is 9.23. The second kappa shape index (κ2) is 10.9. The molecule has 1 aliphatic rings. The lowest BCUT2D eigenvalue weighted by atomic mass is 9.90.